The second kappa shape index (κ2) is 6.25. The SMILES string of the molecule is O=C1c2ccccc2C(=O)c2c1nc(-c1ccncc1)n2-c1cccc(Cl)c1. The van der Waals surface area contributed by atoms with Gasteiger partial charge in [-0.3, -0.25) is 19.1 Å². The number of aromatic nitrogens is 3. The molecule has 0 N–H and O–H groups in total. The molecule has 0 saturated carbocycles. The van der Waals surface area contributed by atoms with Crippen LogP contribution < -0.4 is 0 Å². The molecule has 5 rings (SSSR count). The fourth-order valence-corrected chi connectivity index (χ4v) is 3.67. The quantitative estimate of drug-likeness (QED) is 0.453. The molecule has 0 saturated heterocycles. The Kier molecular flexibility index (Phi) is 3.70. The molecule has 4 aromatic rings. The first kappa shape index (κ1) is 16.6. The Morgan fingerprint density at radius 1 is 0.821 bits per heavy atom. The smallest absolute Gasteiger partial charge is 0.214 e. The third kappa shape index (κ3) is 2.41. The molecule has 0 fully saturated rings. The summed E-state index contributed by atoms with van der Waals surface area (Å²) in [4.78, 5) is 35.0. The molecule has 0 radical (unpaired) electrons. The van der Waals surface area contributed by atoms with Crippen LogP contribution in [0.15, 0.2) is 73.1 Å². The number of hydrogen-bond acceptors (Lipinski definition) is 4. The molecular formula is C22H12ClN3O2. The highest BCUT2D eigenvalue weighted by Gasteiger charge is 2.36. The van der Waals surface area contributed by atoms with Gasteiger partial charge >= 0.3 is 0 Å². The molecular weight excluding hydrogens is 374 g/mol. The third-order valence-electron chi connectivity index (χ3n) is 4.73. The lowest BCUT2D eigenvalue weighted by Gasteiger charge is -2.16. The van der Waals surface area contributed by atoms with Gasteiger partial charge in [0.1, 0.15) is 17.2 Å². The highest BCUT2D eigenvalue weighted by molar-refractivity contribution is 6.31. The minimum Gasteiger partial charge on any atom is -0.289 e. The van der Waals surface area contributed by atoms with Crippen LogP contribution in [0.1, 0.15) is 32.1 Å². The van der Waals surface area contributed by atoms with Gasteiger partial charge in [0.15, 0.2) is 0 Å². The lowest BCUT2D eigenvalue weighted by atomic mass is 9.90. The molecule has 5 nitrogen and oxygen atoms in total. The molecule has 2 heterocycles. The van der Waals surface area contributed by atoms with Crippen molar-refractivity contribution >= 4 is 23.2 Å². The number of ketones is 2. The van der Waals surface area contributed by atoms with E-state index >= 15 is 0 Å². The minimum atomic E-state index is -0.263. The maximum atomic E-state index is 13.3. The summed E-state index contributed by atoms with van der Waals surface area (Å²) in [6.45, 7) is 0. The molecule has 2 aromatic heterocycles. The standard InChI is InChI=1S/C22H12ClN3O2/c23-14-4-3-5-15(12-14)26-19-18(25-22(26)13-8-10-24-11-9-13)20(27)16-6-1-2-7-17(16)21(19)28/h1-12H. The van der Waals surface area contributed by atoms with E-state index in [1.165, 1.54) is 0 Å². The zero-order valence-corrected chi connectivity index (χ0v) is 15.2. The summed E-state index contributed by atoms with van der Waals surface area (Å²) < 4.78 is 1.70. The van der Waals surface area contributed by atoms with E-state index in [9.17, 15) is 9.59 Å². The Hall–Kier alpha value is -3.57. The number of carbonyl (C=O) groups excluding carboxylic acids is 2. The van der Waals surface area contributed by atoms with Gasteiger partial charge in [-0.2, -0.15) is 0 Å². The molecule has 0 spiro atoms. The lowest BCUT2D eigenvalue weighted by molar-refractivity contribution is 0.0972. The van der Waals surface area contributed by atoms with Gasteiger partial charge < -0.3 is 0 Å². The van der Waals surface area contributed by atoms with Crippen molar-refractivity contribution in [3.05, 3.63) is 101 Å². The molecule has 134 valence electrons. The van der Waals surface area contributed by atoms with E-state index in [1.807, 2.05) is 6.07 Å². The average Bonchev–Trinajstić information content (AvgIpc) is 3.14. The Bertz CT molecular complexity index is 1260. The van der Waals surface area contributed by atoms with Crippen LogP contribution in [0.25, 0.3) is 17.1 Å². The van der Waals surface area contributed by atoms with Crippen LogP contribution >= 0.6 is 11.6 Å². The largest absolute Gasteiger partial charge is 0.289 e. The molecule has 2 aromatic carbocycles. The molecule has 1 aliphatic carbocycles. The zero-order valence-electron chi connectivity index (χ0n) is 14.5. The van der Waals surface area contributed by atoms with Gasteiger partial charge in [-0.25, -0.2) is 4.98 Å². The summed E-state index contributed by atoms with van der Waals surface area (Å²) in [6, 6.07) is 17.5. The number of carbonyl (C=O) groups is 2. The highest BCUT2D eigenvalue weighted by atomic mass is 35.5. The molecule has 0 amide bonds. The van der Waals surface area contributed by atoms with Crippen molar-refractivity contribution in [2.75, 3.05) is 0 Å². The summed E-state index contributed by atoms with van der Waals surface area (Å²) in [5, 5.41) is 0.524. The van der Waals surface area contributed by atoms with E-state index in [-0.39, 0.29) is 23.0 Å². The fraction of sp³-hybridized carbons (Fsp3) is 0. The number of pyridine rings is 1. The zero-order chi connectivity index (χ0) is 19.3. The molecule has 0 aliphatic heterocycles. The van der Waals surface area contributed by atoms with Crippen LogP contribution in [-0.2, 0) is 0 Å². The van der Waals surface area contributed by atoms with Gasteiger partial charge in [-0.15, -0.1) is 0 Å². The Labute approximate surface area is 165 Å². The molecule has 0 unspecified atom stereocenters. The van der Waals surface area contributed by atoms with E-state index in [1.54, 1.807) is 71.6 Å². The van der Waals surface area contributed by atoms with E-state index in [4.69, 9.17) is 11.6 Å². The third-order valence-corrected chi connectivity index (χ3v) is 4.96. The van der Waals surface area contributed by atoms with Crippen molar-refractivity contribution in [3.63, 3.8) is 0 Å². The van der Waals surface area contributed by atoms with Crippen molar-refractivity contribution in [3.8, 4) is 17.1 Å². The van der Waals surface area contributed by atoms with Gasteiger partial charge in [-0.05, 0) is 30.3 Å². The van der Waals surface area contributed by atoms with E-state index in [0.717, 1.165) is 5.56 Å². The first-order chi connectivity index (χ1) is 13.6. The van der Waals surface area contributed by atoms with Crippen LogP contribution in [0.3, 0.4) is 0 Å². The predicted octanol–water partition coefficient (Wildman–Crippen LogP) is 4.36. The van der Waals surface area contributed by atoms with Crippen molar-refractivity contribution < 1.29 is 9.59 Å². The van der Waals surface area contributed by atoms with Crippen LogP contribution in [0.5, 0.6) is 0 Å². The number of halogens is 1. The molecule has 1 aliphatic rings. The molecule has 28 heavy (non-hydrogen) atoms. The maximum Gasteiger partial charge on any atom is 0.214 e. The number of fused-ring (bicyclic) bond motifs is 2. The Balaban J connectivity index is 1.86. The monoisotopic (exact) mass is 385 g/mol. The van der Waals surface area contributed by atoms with Crippen molar-refractivity contribution in [1.29, 1.82) is 0 Å². The first-order valence-corrected chi connectivity index (χ1v) is 9.00. The van der Waals surface area contributed by atoms with Gasteiger partial charge in [0.25, 0.3) is 0 Å². The fourth-order valence-electron chi connectivity index (χ4n) is 3.48. The normalized spacial score (nSPS) is 12.6. The van der Waals surface area contributed by atoms with Gasteiger partial charge in [-0.1, -0.05) is 41.9 Å². The predicted molar refractivity (Wildman–Crippen MR) is 105 cm³/mol. The molecule has 0 bridgehead atoms. The van der Waals surface area contributed by atoms with Gasteiger partial charge in [0, 0.05) is 39.8 Å². The van der Waals surface area contributed by atoms with Crippen LogP contribution in [-0.4, -0.2) is 26.1 Å². The summed E-state index contributed by atoms with van der Waals surface area (Å²) >= 11 is 6.19. The second-order valence-electron chi connectivity index (χ2n) is 6.39. The summed E-state index contributed by atoms with van der Waals surface area (Å²) in [5.41, 5.74) is 2.55. The summed E-state index contributed by atoms with van der Waals surface area (Å²) in [5.74, 6) is -0.0107. The number of nitrogens with zero attached hydrogens (tertiary/aromatic N) is 3. The maximum absolute atomic E-state index is 13.3. The molecule has 6 heteroatoms. The topological polar surface area (TPSA) is 64.8 Å². The van der Waals surface area contributed by atoms with Crippen molar-refractivity contribution in [1.82, 2.24) is 14.5 Å². The van der Waals surface area contributed by atoms with Crippen molar-refractivity contribution in [2.45, 2.75) is 0 Å². The van der Waals surface area contributed by atoms with Gasteiger partial charge in [0.05, 0.1) is 0 Å². The minimum absolute atomic E-state index is 0.149. The summed E-state index contributed by atoms with van der Waals surface area (Å²) in [7, 11) is 0. The average molecular weight is 386 g/mol. The van der Waals surface area contributed by atoms with Gasteiger partial charge in [0.2, 0.25) is 11.6 Å². The Morgan fingerprint density at radius 3 is 2.25 bits per heavy atom. The first-order valence-electron chi connectivity index (χ1n) is 8.62. The highest BCUT2D eigenvalue weighted by Crippen LogP contribution is 2.34. The van der Waals surface area contributed by atoms with Crippen LogP contribution in [0.4, 0.5) is 0 Å². The van der Waals surface area contributed by atoms with Crippen molar-refractivity contribution in [2.24, 2.45) is 0 Å². The second-order valence-corrected chi connectivity index (χ2v) is 6.82. The number of hydrogen-bond donors (Lipinski definition) is 0. The van der Waals surface area contributed by atoms with Crippen LogP contribution in [0.2, 0.25) is 5.02 Å². The number of rotatable bonds is 2. The summed E-state index contributed by atoms with van der Waals surface area (Å²) in [6.07, 6.45) is 3.29. The number of benzene rings is 2. The molecule has 0 atom stereocenters. The van der Waals surface area contributed by atoms with E-state index in [0.29, 0.717) is 27.7 Å². The van der Waals surface area contributed by atoms with Crippen LogP contribution in [0, 0.1) is 0 Å². The van der Waals surface area contributed by atoms with E-state index in [2.05, 4.69) is 9.97 Å². The lowest BCUT2D eigenvalue weighted by Crippen LogP contribution is -2.22. The Morgan fingerprint density at radius 2 is 1.54 bits per heavy atom. The number of imidazole rings is 1. The van der Waals surface area contributed by atoms with E-state index < -0.39 is 0 Å².